The van der Waals surface area contributed by atoms with Gasteiger partial charge < -0.3 is 23.2 Å². The highest BCUT2D eigenvalue weighted by atomic mass is 16.7. The van der Waals surface area contributed by atoms with Crippen LogP contribution in [0.3, 0.4) is 0 Å². The minimum Gasteiger partial charge on any atom is -0.457 e. The number of fused-ring (bicyclic) bond motifs is 1. The number of benzene rings is 1. The van der Waals surface area contributed by atoms with Crippen molar-refractivity contribution in [2.24, 2.45) is 0 Å². The molecule has 4 rings (SSSR count). The van der Waals surface area contributed by atoms with E-state index in [9.17, 15) is 4.79 Å². The van der Waals surface area contributed by atoms with Gasteiger partial charge in [-0.3, -0.25) is 0 Å². The predicted octanol–water partition coefficient (Wildman–Crippen LogP) is 2.42. The standard InChI is InChI=1S/C15H10N2O6/c18-15(11-2-1-5-19-11)20-7-13-16-14(17-23-13)9-3-4-10-12(6-9)22-8-21-10/h1-6H,7-8H2. The molecule has 0 unspecified atom stereocenters. The molecule has 8 nitrogen and oxygen atoms in total. The van der Waals surface area contributed by atoms with Crippen LogP contribution in [-0.2, 0) is 11.3 Å². The highest BCUT2D eigenvalue weighted by Crippen LogP contribution is 2.35. The number of aromatic nitrogens is 2. The molecule has 1 aliphatic rings. The molecule has 0 fully saturated rings. The van der Waals surface area contributed by atoms with E-state index in [2.05, 4.69) is 10.1 Å². The minimum atomic E-state index is -0.599. The highest BCUT2D eigenvalue weighted by Gasteiger charge is 2.17. The molecule has 3 heterocycles. The summed E-state index contributed by atoms with van der Waals surface area (Å²) in [6.45, 7) is 0.0517. The quantitative estimate of drug-likeness (QED) is 0.677. The van der Waals surface area contributed by atoms with Gasteiger partial charge >= 0.3 is 5.97 Å². The Hall–Kier alpha value is -3.29. The van der Waals surface area contributed by atoms with Gasteiger partial charge in [-0.15, -0.1) is 0 Å². The molecule has 1 aromatic carbocycles. The van der Waals surface area contributed by atoms with Crippen molar-refractivity contribution >= 4 is 5.97 Å². The second-order valence-corrected chi connectivity index (χ2v) is 4.63. The summed E-state index contributed by atoms with van der Waals surface area (Å²) in [5.74, 6) is 1.35. The van der Waals surface area contributed by atoms with Crippen LogP contribution in [-0.4, -0.2) is 22.9 Å². The lowest BCUT2D eigenvalue weighted by molar-refractivity contribution is 0.0393. The number of hydrogen-bond donors (Lipinski definition) is 0. The van der Waals surface area contributed by atoms with Gasteiger partial charge in [-0.2, -0.15) is 4.98 Å². The van der Waals surface area contributed by atoms with Crippen LogP contribution in [0.15, 0.2) is 45.5 Å². The average Bonchev–Trinajstić information content (AvgIpc) is 3.32. The maximum atomic E-state index is 11.6. The first-order valence-corrected chi connectivity index (χ1v) is 6.73. The van der Waals surface area contributed by atoms with E-state index in [1.165, 1.54) is 12.3 Å². The molecule has 3 aromatic rings. The zero-order chi connectivity index (χ0) is 15.6. The number of carbonyl (C=O) groups is 1. The van der Waals surface area contributed by atoms with E-state index in [1.807, 2.05) is 0 Å². The molecule has 0 bridgehead atoms. The Labute approximate surface area is 129 Å². The van der Waals surface area contributed by atoms with Gasteiger partial charge in [-0.25, -0.2) is 4.79 Å². The first-order valence-electron chi connectivity index (χ1n) is 6.73. The van der Waals surface area contributed by atoms with E-state index in [0.29, 0.717) is 22.9 Å². The zero-order valence-corrected chi connectivity index (χ0v) is 11.7. The second kappa shape index (κ2) is 5.48. The summed E-state index contributed by atoms with van der Waals surface area (Å²) in [5, 5.41) is 3.86. The molecule has 0 aliphatic carbocycles. The smallest absolute Gasteiger partial charge is 0.374 e. The minimum absolute atomic E-state index is 0.112. The molecule has 23 heavy (non-hydrogen) atoms. The van der Waals surface area contributed by atoms with Crippen LogP contribution in [0.25, 0.3) is 11.4 Å². The summed E-state index contributed by atoms with van der Waals surface area (Å²) >= 11 is 0. The first kappa shape index (κ1) is 13.4. The SMILES string of the molecule is O=C(OCc1nc(-c2ccc3c(c2)OCO3)no1)c1ccco1. The van der Waals surface area contributed by atoms with Gasteiger partial charge in [0.25, 0.3) is 5.89 Å². The lowest BCUT2D eigenvalue weighted by atomic mass is 10.2. The third-order valence-corrected chi connectivity index (χ3v) is 3.15. The topological polar surface area (TPSA) is 96.8 Å². The Balaban J connectivity index is 1.45. The molecule has 2 aromatic heterocycles. The van der Waals surface area contributed by atoms with Crippen molar-refractivity contribution in [2.75, 3.05) is 6.79 Å². The number of rotatable bonds is 4. The molecule has 0 radical (unpaired) electrons. The van der Waals surface area contributed by atoms with E-state index >= 15 is 0 Å². The number of furan rings is 1. The van der Waals surface area contributed by atoms with Crippen LogP contribution in [0.5, 0.6) is 11.5 Å². The molecular formula is C15H10N2O6. The van der Waals surface area contributed by atoms with Crippen molar-refractivity contribution < 1.29 is 27.9 Å². The largest absolute Gasteiger partial charge is 0.457 e. The van der Waals surface area contributed by atoms with Gasteiger partial charge in [0.2, 0.25) is 18.4 Å². The fraction of sp³-hybridized carbons (Fsp3) is 0.133. The monoisotopic (exact) mass is 314 g/mol. The van der Waals surface area contributed by atoms with E-state index in [0.717, 1.165) is 0 Å². The lowest BCUT2D eigenvalue weighted by Crippen LogP contribution is -2.04. The van der Waals surface area contributed by atoms with Crippen LogP contribution in [0.2, 0.25) is 0 Å². The van der Waals surface area contributed by atoms with Crippen LogP contribution < -0.4 is 9.47 Å². The maximum Gasteiger partial charge on any atom is 0.374 e. The van der Waals surface area contributed by atoms with Crippen molar-refractivity contribution in [3.8, 4) is 22.9 Å². The molecule has 0 spiro atoms. The predicted molar refractivity (Wildman–Crippen MR) is 73.7 cm³/mol. The molecule has 0 amide bonds. The van der Waals surface area contributed by atoms with Crippen molar-refractivity contribution in [3.05, 3.63) is 48.2 Å². The number of hydrogen-bond acceptors (Lipinski definition) is 8. The van der Waals surface area contributed by atoms with Crippen LogP contribution >= 0.6 is 0 Å². The lowest BCUT2D eigenvalue weighted by Gasteiger charge is -1.98. The number of nitrogens with zero attached hydrogens (tertiary/aromatic N) is 2. The number of esters is 1. The summed E-state index contributed by atoms with van der Waals surface area (Å²) in [6.07, 6.45) is 1.39. The van der Waals surface area contributed by atoms with E-state index in [1.54, 1.807) is 24.3 Å². The van der Waals surface area contributed by atoms with Crippen LogP contribution in [0.4, 0.5) is 0 Å². The maximum absolute atomic E-state index is 11.6. The highest BCUT2D eigenvalue weighted by molar-refractivity contribution is 5.86. The van der Waals surface area contributed by atoms with E-state index < -0.39 is 5.97 Å². The van der Waals surface area contributed by atoms with Crippen LogP contribution in [0, 0.1) is 0 Å². The van der Waals surface area contributed by atoms with Gasteiger partial charge in [-0.05, 0) is 30.3 Å². The Kier molecular flexibility index (Phi) is 3.19. The average molecular weight is 314 g/mol. The van der Waals surface area contributed by atoms with E-state index in [-0.39, 0.29) is 25.1 Å². The van der Waals surface area contributed by atoms with Gasteiger partial charge in [-0.1, -0.05) is 5.16 Å². The van der Waals surface area contributed by atoms with Gasteiger partial charge in [0.05, 0.1) is 6.26 Å². The Morgan fingerprint density at radius 1 is 1.22 bits per heavy atom. The molecule has 8 heteroatoms. The molecule has 1 aliphatic heterocycles. The molecular weight excluding hydrogens is 304 g/mol. The second-order valence-electron chi connectivity index (χ2n) is 4.63. The summed E-state index contributed by atoms with van der Waals surface area (Å²) in [6, 6.07) is 8.42. The number of carbonyl (C=O) groups excluding carboxylic acids is 1. The Morgan fingerprint density at radius 3 is 3.00 bits per heavy atom. The molecule has 116 valence electrons. The molecule has 0 atom stereocenters. The van der Waals surface area contributed by atoms with Gasteiger partial charge in [0.15, 0.2) is 18.1 Å². The van der Waals surface area contributed by atoms with E-state index in [4.69, 9.17) is 23.2 Å². The van der Waals surface area contributed by atoms with Crippen LogP contribution in [0.1, 0.15) is 16.4 Å². The summed E-state index contributed by atoms with van der Waals surface area (Å²) in [4.78, 5) is 15.8. The third kappa shape index (κ3) is 2.61. The molecule has 0 N–H and O–H groups in total. The van der Waals surface area contributed by atoms with Gasteiger partial charge in [0.1, 0.15) is 0 Å². The summed E-state index contributed by atoms with van der Waals surface area (Å²) < 4.78 is 25.6. The number of ether oxygens (including phenoxy) is 3. The first-order chi connectivity index (χ1) is 11.3. The molecule has 0 saturated carbocycles. The van der Waals surface area contributed by atoms with Crippen molar-refractivity contribution in [2.45, 2.75) is 6.61 Å². The zero-order valence-electron chi connectivity index (χ0n) is 11.7. The Morgan fingerprint density at radius 2 is 2.13 bits per heavy atom. The normalized spacial score (nSPS) is 12.3. The van der Waals surface area contributed by atoms with Crippen molar-refractivity contribution in [3.63, 3.8) is 0 Å². The summed E-state index contributed by atoms with van der Waals surface area (Å²) in [5.41, 5.74) is 0.710. The van der Waals surface area contributed by atoms with Crippen molar-refractivity contribution in [1.82, 2.24) is 10.1 Å². The van der Waals surface area contributed by atoms with Gasteiger partial charge in [0, 0.05) is 5.56 Å². The summed E-state index contributed by atoms with van der Waals surface area (Å²) in [7, 11) is 0. The Bertz CT molecular complexity index is 840. The third-order valence-electron chi connectivity index (χ3n) is 3.15. The fourth-order valence-electron chi connectivity index (χ4n) is 2.06. The fourth-order valence-corrected chi connectivity index (χ4v) is 2.06. The van der Waals surface area contributed by atoms with Crippen molar-refractivity contribution in [1.29, 1.82) is 0 Å². The molecule has 0 saturated heterocycles.